The summed E-state index contributed by atoms with van der Waals surface area (Å²) in [5, 5.41) is 13.2. The Kier molecular flexibility index (Phi) is 5.38. The van der Waals surface area contributed by atoms with E-state index in [1.165, 1.54) is 16.7 Å². The van der Waals surface area contributed by atoms with Gasteiger partial charge in [-0.05, 0) is 48.4 Å². The fourth-order valence-corrected chi connectivity index (χ4v) is 4.59. The van der Waals surface area contributed by atoms with Crippen LogP contribution in [0.1, 0.15) is 30.4 Å². The lowest BCUT2D eigenvalue weighted by Crippen LogP contribution is -2.53. The fraction of sp³-hybridized carbons (Fsp3) is 0.435. The number of β-amino-alcohol motifs (C(OH)–C–C–N with tert-alkyl or cyclic N) is 1. The minimum absolute atomic E-state index is 0.0942. The van der Waals surface area contributed by atoms with Crippen molar-refractivity contribution >= 4 is 6.03 Å². The molecule has 2 aromatic carbocycles. The maximum atomic E-state index is 12.9. The van der Waals surface area contributed by atoms with E-state index >= 15 is 0 Å². The molecular formula is C23H28N2O3. The fourth-order valence-electron chi connectivity index (χ4n) is 4.59. The van der Waals surface area contributed by atoms with Crippen molar-refractivity contribution in [3.05, 3.63) is 59.7 Å². The number of rotatable bonds is 3. The number of ether oxygens (including phenoxy) is 1. The second-order valence-electron chi connectivity index (χ2n) is 7.98. The van der Waals surface area contributed by atoms with Gasteiger partial charge in [0.15, 0.2) is 0 Å². The smallest absolute Gasteiger partial charge is 0.318 e. The lowest BCUT2D eigenvalue weighted by Gasteiger charge is -2.41. The van der Waals surface area contributed by atoms with Crippen LogP contribution in [0.15, 0.2) is 48.5 Å². The number of nitrogens with one attached hydrogen (secondary N) is 1. The van der Waals surface area contributed by atoms with Crippen molar-refractivity contribution in [2.24, 2.45) is 0 Å². The summed E-state index contributed by atoms with van der Waals surface area (Å²) in [5.41, 5.74) is 4.42. The highest BCUT2D eigenvalue weighted by atomic mass is 16.5. The van der Waals surface area contributed by atoms with Crippen molar-refractivity contribution in [1.82, 2.24) is 10.2 Å². The van der Waals surface area contributed by atoms with Crippen molar-refractivity contribution in [2.45, 2.75) is 44.4 Å². The van der Waals surface area contributed by atoms with E-state index in [1.54, 1.807) is 0 Å². The zero-order valence-corrected chi connectivity index (χ0v) is 16.4. The predicted octanol–water partition coefficient (Wildman–Crippen LogP) is 3.49. The van der Waals surface area contributed by atoms with E-state index in [0.717, 1.165) is 18.4 Å². The second-order valence-corrected chi connectivity index (χ2v) is 7.98. The third kappa shape index (κ3) is 3.77. The van der Waals surface area contributed by atoms with Gasteiger partial charge >= 0.3 is 6.03 Å². The summed E-state index contributed by atoms with van der Waals surface area (Å²) in [5.74, 6) is 0. The molecule has 5 heteroatoms. The van der Waals surface area contributed by atoms with Gasteiger partial charge < -0.3 is 20.1 Å². The number of urea groups is 1. The van der Waals surface area contributed by atoms with E-state index in [2.05, 4.69) is 42.6 Å². The maximum absolute atomic E-state index is 12.9. The molecule has 5 nitrogen and oxygen atoms in total. The zero-order valence-electron chi connectivity index (χ0n) is 16.4. The molecule has 2 heterocycles. The molecule has 28 heavy (non-hydrogen) atoms. The predicted molar refractivity (Wildman–Crippen MR) is 109 cm³/mol. The van der Waals surface area contributed by atoms with Gasteiger partial charge in [0, 0.05) is 26.3 Å². The van der Waals surface area contributed by atoms with Gasteiger partial charge in [-0.1, -0.05) is 48.5 Å². The van der Waals surface area contributed by atoms with Gasteiger partial charge in [0.05, 0.1) is 11.6 Å². The average molecular weight is 380 g/mol. The molecule has 0 aliphatic carbocycles. The van der Waals surface area contributed by atoms with Gasteiger partial charge in [-0.3, -0.25) is 0 Å². The second kappa shape index (κ2) is 7.94. The van der Waals surface area contributed by atoms with Crippen molar-refractivity contribution in [1.29, 1.82) is 0 Å². The van der Waals surface area contributed by atoms with Crippen LogP contribution in [0.4, 0.5) is 4.79 Å². The number of hydrogen-bond donors (Lipinski definition) is 2. The Balaban J connectivity index is 1.43. The highest BCUT2D eigenvalue weighted by molar-refractivity contribution is 5.76. The quantitative estimate of drug-likeness (QED) is 0.857. The van der Waals surface area contributed by atoms with Crippen molar-refractivity contribution in [2.75, 3.05) is 19.8 Å². The van der Waals surface area contributed by atoms with Gasteiger partial charge in [0.2, 0.25) is 0 Å². The summed E-state index contributed by atoms with van der Waals surface area (Å²) in [6.45, 7) is 4.28. The molecule has 1 unspecified atom stereocenters. The molecule has 2 aromatic rings. The van der Waals surface area contributed by atoms with Gasteiger partial charge in [-0.2, -0.15) is 0 Å². The number of benzene rings is 2. The van der Waals surface area contributed by atoms with Crippen LogP contribution in [-0.2, 0) is 11.3 Å². The molecule has 0 saturated carbocycles. The van der Waals surface area contributed by atoms with E-state index in [0.29, 0.717) is 32.7 Å². The number of hydrogen-bond acceptors (Lipinski definition) is 3. The molecule has 0 bridgehead atoms. The van der Waals surface area contributed by atoms with Crippen molar-refractivity contribution < 1.29 is 14.6 Å². The number of amides is 2. The summed E-state index contributed by atoms with van der Waals surface area (Å²) >= 11 is 0. The monoisotopic (exact) mass is 380 g/mol. The van der Waals surface area contributed by atoms with Crippen LogP contribution in [0.3, 0.4) is 0 Å². The van der Waals surface area contributed by atoms with E-state index in [-0.39, 0.29) is 11.6 Å². The highest BCUT2D eigenvalue weighted by Crippen LogP contribution is 2.38. The third-order valence-corrected chi connectivity index (χ3v) is 6.07. The molecule has 0 radical (unpaired) electrons. The lowest BCUT2D eigenvalue weighted by molar-refractivity contribution is 0.00600. The summed E-state index contributed by atoms with van der Waals surface area (Å²) < 4.78 is 5.47. The number of aryl methyl sites for hydroxylation is 1. The van der Waals surface area contributed by atoms with E-state index in [1.807, 2.05) is 23.1 Å². The normalized spacial score (nSPS) is 21.1. The Morgan fingerprint density at radius 1 is 1.21 bits per heavy atom. The molecule has 1 spiro atoms. The van der Waals surface area contributed by atoms with Crippen LogP contribution < -0.4 is 5.32 Å². The first-order chi connectivity index (χ1) is 13.6. The molecule has 2 fully saturated rings. The lowest BCUT2D eigenvalue weighted by atomic mass is 9.87. The van der Waals surface area contributed by atoms with E-state index in [9.17, 15) is 9.90 Å². The molecule has 0 aromatic heterocycles. The Morgan fingerprint density at radius 3 is 2.68 bits per heavy atom. The maximum Gasteiger partial charge on any atom is 0.318 e. The standard InChI is InChI=1S/C23H28N2O3/c1-17-13-18(7-8-21(17)19-5-3-2-4-6-19)15-24-22(27)25-16-20(26)14-23(25)9-11-28-12-10-23/h2-8,13,20,26H,9-12,14-16H2,1H3,(H,24,27). The molecule has 2 amide bonds. The number of nitrogens with zero attached hydrogens (tertiary/aromatic N) is 1. The SMILES string of the molecule is Cc1cc(CNC(=O)N2CC(O)CC23CCOCC3)ccc1-c1ccccc1. The zero-order chi connectivity index (χ0) is 19.6. The molecule has 2 saturated heterocycles. The van der Waals surface area contributed by atoms with Crippen LogP contribution in [0.2, 0.25) is 0 Å². The topological polar surface area (TPSA) is 61.8 Å². The third-order valence-electron chi connectivity index (χ3n) is 6.07. The number of likely N-dealkylation sites (tertiary alicyclic amines) is 1. The van der Waals surface area contributed by atoms with Gasteiger partial charge in [-0.15, -0.1) is 0 Å². The molecule has 2 aliphatic rings. The number of aliphatic hydroxyl groups excluding tert-OH is 1. The highest BCUT2D eigenvalue weighted by Gasteiger charge is 2.48. The number of aliphatic hydroxyl groups is 1. The van der Waals surface area contributed by atoms with Crippen LogP contribution in [0, 0.1) is 6.92 Å². The molecule has 2 N–H and O–H groups in total. The minimum atomic E-state index is -0.448. The Labute approximate surface area is 166 Å². The molecular weight excluding hydrogens is 352 g/mol. The van der Waals surface area contributed by atoms with Gasteiger partial charge in [0.25, 0.3) is 0 Å². The van der Waals surface area contributed by atoms with E-state index < -0.39 is 6.10 Å². The first kappa shape index (κ1) is 19.0. The molecule has 148 valence electrons. The summed E-state index contributed by atoms with van der Waals surface area (Å²) in [4.78, 5) is 14.7. The Morgan fingerprint density at radius 2 is 1.96 bits per heavy atom. The Bertz CT molecular complexity index is 831. The minimum Gasteiger partial charge on any atom is -0.391 e. The van der Waals surface area contributed by atoms with Crippen LogP contribution in [0.25, 0.3) is 11.1 Å². The summed E-state index contributed by atoms with van der Waals surface area (Å²) in [6.07, 6.45) is 1.79. The van der Waals surface area contributed by atoms with Crippen LogP contribution in [-0.4, -0.2) is 47.4 Å². The van der Waals surface area contributed by atoms with Gasteiger partial charge in [-0.25, -0.2) is 4.79 Å². The molecule has 2 aliphatic heterocycles. The summed E-state index contributed by atoms with van der Waals surface area (Å²) in [7, 11) is 0. The number of carbonyl (C=O) groups is 1. The van der Waals surface area contributed by atoms with Crippen molar-refractivity contribution in [3.63, 3.8) is 0 Å². The average Bonchev–Trinajstić information content (AvgIpc) is 3.02. The number of carbonyl (C=O) groups excluding carboxylic acids is 1. The van der Waals surface area contributed by atoms with Crippen LogP contribution >= 0.6 is 0 Å². The first-order valence-electron chi connectivity index (χ1n) is 10.0. The van der Waals surface area contributed by atoms with Crippen LogP contribution in [0.5, 0.6) is 0 Å². The first-order valence-corrected chi connectivity index (χ1v) is 10.0. The summed E-state index contributed by atoms with van der Waals surface area (Å²) in [6, 6.07) is 16.5. The van der Waals surface area contributed by atoms with E-state index in [4.69, 9.17) is 4.74 Å². The van der Waals surface area contributed by atoms with Crippen molar-refractivity contribution in [3.8, 4) is 11.1 Å². The Hall–Kier alpha value is -2.37. The molecule has 4 rings (SSSR count). The molecule has 1 atom stereocenters. The van der Waals surface area contributed by atoms with Gasteiger partial charge in [0.1, 0.15) is 0 Å². The largest absolute Gasteiger partial charge is 0.391 e.